The Balaban J connectivity index is 0.000000344. The lowest BCUT2D eigenvalue weighted by Crippen LogP contribution is -2.15. The minimum Gasteiger partial charge on any atom is -0.497 e. The van der Waals surface area contributed by atoms with Crippen molar-refractivity contribution in [3.05, 3.63) is 24.5 Å². The Morgan fingerprint density at radius 2 is 2.21 bits per heavy atom. The number of hydrogen-bond donors (Lipinski definition) is 1. The maximum atomic E-state index is 10.6. The highest BCUT2D eigenvalue weighted by molar-refractivity contribution is 5.86. The Kier molecular flexibility index (Phi) is 6.49. The molecule has 0 spiro atoms. The molecule has 0 aromatic heterocycles. The third-order valence-electron chi connectivity index (χ3n) is 1.19. The molecule has 1 aliphatic rings. The summed E-state index contributed by atoms with van der Waals surface area (Å²) in [4.78, 5) is 10.6. The fraction of sp³-hybridized carbons (Fsp3) is 0.500. The molecule has 4 nitrogen and oxygen atoms in total. The molecule has 0 fully saturated rings. The van der Waals surface area contributed by atoms with Crippen molar-refractivity contribution in [2.24, 2.45) is 0 Å². The highest BCUT2D eigenvalue weighted by Gasteiger charge is 2.03. The van der Waals surface area contributed by atoms with Gasteiger partial charge in [0, 0.05) is 5.57 Å². The summed E-state index contributed by atoms with van der Waals surface area (Å²) in [5.41, 5.74) is 0.348. The van der Waals surface area contributed by atoms with Crippen LogP contribution < -0.4 is 0 Å². The van der Waals surface area contributed by atoms with Crippen molar-refractivity contribution in [3.63, 3.8) is 0 Å². The third kappa shape index (κ3) is 7.36. The summed E-state index contributed by atoms with van der Waals surface area (Å²) in [5, 5.41) is 8.68. The van der Waals surface area contributed by atoms with E-state index in [1.165, 1.54) is 0 Å². The summed E-state index contributed by atoms with van der Waals surface area (Å²) in [6, 6.07) is 0. The Labute approximate surface area is 83.8 Å². The average Bonchev–Trinajstić information content (AvgIpc) is 1.96. The first-order valence-electron chi connectivity index (χ1n) is 4.31. The summed E-state index contributed by atoms with van der Waals surface area (Å²) in [5.74, 6) is -0.457. The van der Waals surface area contributed by atoms with Crippen LogP contribution in [0.5, 0.6) is 0 Å². The number of aliphatic hydroxyl groups excluding tert-OH is 1. The summed E-state index contributed by atoms with van der Waals surface area (Å²) in [6.45, 7) is 7.34. The van der Waals surface area contributed by atoms with E-state index in [-0.39, 0.29) is 6.61 Å². The van der Waals surface area contributed by atoms with E-state index in [1.54, 1.807) is 20.1 Å². The maximum Gasteiger partial charge on any atom is 0.333 e. The molecule has 1 rings (SSSR count). The SMILES string of the molecule is C1=COC1.C=C(C)C(=O)OCC(C)O. The van der Waals surface area contributed by atoms with Crippen molar-refractivity contribution in [2.45, 2.75) is 20.0 Å². The third-order valence-corrected chi connectivity index (χ3v) is 1.19. The second-order valence-corrected chi connectivity index (χ2v) is 2.93. The summed E-state index contributed by atoms with van der Waals surface area (Å²) >= 11 is 0. The summed E-state index contributed by atoms with van der Waals surface area (Å²) in [6.07, 6.45) is 3.03. The first-order chi connectivity index (χ1) is 6.54. The molecule has 14 heavy (non-hydrogen) atoms. The van der Waals surface area contributed by atoms with Gasteiger partial charge in [-0.15, -0.1) is 0 Å². The van der Waals surface area contributed by atoms with Gasteiger partial charge in [0.2, 0.25) is 0 Å². The van der Waals surface area contributed by atoms with Crippen molar-refractivity contribution >= 4 is 5.97 Å². The maximum absolute atomic E-state index is 10.6. The van der Waals surface area contributed by atoms with Crippen molar-refractivity contribution in [1.82, 2.24) is 0 Å². The van der Waals surface area contributed by atoms with Gasteiger partial charge in [-0.25, -0.2) is 4.79 Å². The van der Waals surface area contributed by atoms with Gasteiger partial charge in [0.05, 0.1) is 12.4 Å². The minimum absolute atomic E-state index is 0.0334. The molecule has 4 heteroatoms. The molecule has 80 valence electrons. The molecule has 0 amide bonds. The van der Waals surface area contributed by atoms with Crippen LogP contribution >= 0.6 is 0 Å². The van der Waals surface area contributed by atoms with Crippen LogP contribution in [0.1, 0.15) is 13.8 Å². The predicted molar refractivity (Wildman–Crippen MR) is 52.5 cm³/mol. The monoisotopic (exact) mass is 200 g/mol. The van der Waals surface area contributed by atoms with Crippen LogP contribution in [0.2, 0.25) is 0 Å². The molecule has 1 N–H and O–H groups in total. The Hall–Kier alpha value is -1.29. The van der Waals surface area contributed by atoms with Gasteiger partial charge in [-0.05, 0) is 19.9 Å². The molecule has 1 aliphatic heterocycles. The molecule has 0 radical (unpaired) electrons. The van der Waals surface area contributed by atoms with Gasteiger partial charge in [0.25, 0.3) is 0 Å². The lowest BCUT2D eigenvalue weighted by atomic mass is 10.3. The highest BCUT2D eigenvalue weighted by atomic mass is 16.5. The van der Waals surface area contributed by atoms with Crippen LogP contribution in [0, 0.1) is 0 Å². The molecular formula is C10H16O4. The summed E-state index contributed by atoms with van der Waals surface area (Å²) < 4.78 is 9.12. The van der Waals surface area contributed by atoms with Crippen LogP contribution in [0.4, 0.5) is 0 Å². The van der Waals surface area contributed by atoms with Gasteiger partial charge in [-0.2, -0.15) is 0 Å². The first kappa shape index (κ1) is 12.7. The lowest BCUT2D eigenvalue weighted by Gasteiger charge is -2.04. The van der Waals surface area contributed by atoms with Crippen LogP contribution in [0.15, 0.2) is 24.5 Å². The van der Waals surface area contributed by atoms with Crippen LogP contribution in [0.3, 0.4) is 0 Å². The Morgan fingerprint density at radius 1 is 1.79 bits per heavy atom. The van der Waals surface area contributed by atoms with E-state index in [9.17, 15) is 4.79 Å². The van der Waals surface area contributed by atoms with Gasteiger partial charge < -0.3 is 14.6 Å². The largest absolute Gasteiger partial charge is 0.497 e. The van der Waals surface area contributed by atoms with Gasteiger partial charge in [-0.1, -0.05) is 6.58 Å². The molecule has 0 saturated carbocycles. The van der Waals surface area contributed by atoms with Gasteiger partial charge in [-0.3, -0.25) is 0 Å². The Morgan fingerprint density at radius 3 is 2.43 bits per heavy atom. The number of ether oxygens (including phenoxy) is 2. The zero-order chi connectivity index (χ0) is 11.0. The van der Waals surface area contributed by atoms with Gasteiger partial charge >= 0.3 is 5.97 Å². The fourth-order valence-electron chi connectivity index (χ4n) is 0.416. The van der Waals surface area contributed by atoms with Gasteiger partial charge in [0.15, 0.2) is 0 Å². The first-order valence-corrected chi connectivity index (χ1v) is 4.31. The van der Waals surface area contributed by atoms with Crippen LogP contribution in [-0.4, -0.2) is 30.4 Å². The highest BCUT2D eigenvalue weighted by Crippen LogP contribution is 1.92. The topological polar surface area (TPSA) is 55.8 Å². The zero-order valence-corrected chi connectivity index (χ0v) is 8.53. The Bertz CT molecular complexity index is 212. The van der Waals surface area contributed by atoms with Crippen molar-refractivity contribution in [3.8, 4) is 0 Å². The van der Waals surface area contributed by atoms with E-state index in [0.29, 0.717) is 5.57 Å². The molecule has 0 aromatic rings. The number of carbonyl (C=O) groups is 1. The normalized spacial score (nSPS) is 13.9. The minimum atomic E-state index is -0.608. The van der Waals surface area contributed by atoms with E-state index in [1.807, 2.05) is 6.08 Å². The smallest absolute Gasteiger partial charge is 0.333 e. The van der Waals surface area contributed by atoms with E-state index in [0.717, 1.165) is 6.61 Å². The number of rotatable bonds is 3. The standard InChI is InChI=1S/C7H12O3.C3H4O/c1-5(2)7(9)10-4-6(3)8;1-2-4-3-1/h6,8H,1,4H2,2-3H3;1-2H,3H2. The molecule has 0 aromatic carbocycles. The van der Waals surface area contributed by atoms with Crippen molar-refractivity contribution in [1.29, 1.82) is 0 Å². The summed E-state index contributed by atoms with van der Waals surface area (Å²) in [7, 11) is 0. The zero-order valence-electron chi connectivity index (χ0n) is 8.53. The molecular weight excluding hydrogens is 184 g/mol. The molecule has 0 bridgehead atoms. The number of aliphatic hydroxyl groups is 1. The number of esters is 1. The van der Waals surface area contributed by atoms with Crippen LogP contribution in [-0.2, 0) is 14.3 Å². The van der Waals surface area contributed by atoms with Crippen LogP contribution in [0.25, 0.3) is 0 Å². The molecule has 1 atom stereocenters. The van der Waals surface area contributed by atoms with Crippen molar-refractivity contribution in [2.75, 3.05) is 13.2 Å². The van der Waals surface area contributed by atoms with E-state index >= 15 is 0 Å². The quantitative estimate of drug-likeness (QED) is 0.546. The van der Waals surface area contributed by atoms with Gasteiger partial charge in [0.1, 0.15) is 13.2 Å². The fourth-order valence-corrected chi connectivity index (χ4v) is 0.416. The molecule has 0 aliphatic carbocycles. The molecule has 0 saturated heterocycles. The van der Waals surface area contributed by atoms with E-state index in [2.05, 4.69) is 16.1 Å². The van der Waals surface area contributed by atoms with Crippen molar-refractivity contribution < 1.29 is 19.4 Å². The van der Waals surface area contributed by atoms with E-state index < -0.39 is 12.1 Å². The molecule has 1 unspecified atom stereocenters. The average molecular weight is 200 g/mol. The predicted octanol–water partition coefficient (Wildman–Crippen LogP) is 1.02. The number of hydrogen-bond acceptors (Lipinski definition) is 4. The number of carbonyl (C=O) groups excluding carboxylic acids is 1. The second kappa shape index (κ2) is 7.15. The lowest BCUT2D eigenvalue weighted by molar-refractivity contribution is -0.141. The second-order valence-electron chi connectivity index (χ2n) is 2.93. The molecule has 1 heterocycles. The van der Waals surface area contributed by atoms with E-state index in [4.69, 9.17) is 5.11 Å².